The summed E-state index contributed by atoms with van der Waals surface area (Å²) in [5, 5.41) is 7.62. The minimum atomic E-state index is -0.376. The summed E-state index contributed by atoms with van der Waals surface area (Å²) >= 11 is 0. The van der Waals surface area contributed by atoms with Gasteiger partial charge in [0.2, 0.25) is 6.79 Å². The Balaban J connectivity index is 1.46. The van der Waals surface area contributed by atoms with E-state index in [0.717, 1.165) is 47.6 Å². The number of fused-ring (bicyclic) bond motifs is 2. The molecule has 1 aliphatic heterocycles. The van der Waals surface area contributed by atoms with E-state index < -0.39 is 0 Å². The molecule has 1 aromatic heterocycles. The van der Waals surface area contributed by atoms with E-state index in [-0.39, 0.29) is 23.9 Å². The molecule has 0 bridgehead atoms. The normalized spacial score (nSPS) is 21.9. The number of hydrogen-bond donors (Lipinski definition) is 1. The van der Waals surface area contributed by atoms with Gasteiger partial charge < -0.3 is 9.47 Å². The van der Waals surface area contributed by atoms with Crippen molar-refractivity contribution in [2.75, 3.05) is 6.79 Å². The first-order chi connectivity index (χ1) is 14.7. The summed E-state index contributed by atoms with van der Waals surface area (Å²) in [5.41, 5.74) is 4.48. The van der Waals surface area contributed by atoms with E-state index in [4.69, 9.17) is 9.47 Å². The molecule has 1 unspecified atom stereocenters. The molecule has 1 N–H and O–H groups in total. The highest BCUT2D eigenvalue weighted by Gasteiger charge is 2.39. The number of ether oxygens (including phenoxy) is 2. The average Bonchev–Trinajstić information content (AvgIpc) is 3.38. The molecule has 2 aliphatic carbocycles. The molecule has 2 aromatic carbocycles. The van der Waals surface area contributed by atoms with Gasteiger partial charge in [-0.2, -0.15) is 5.10 Å². The zero-order valence-corrected chi connectivity index (χ0v) is 16.6. The second kappa shape index (κ2) is 6.59. The molecule has 6 rings (SSSR count). The number of allylic oxidation sites excluding steroid dienone is 1. The van der Waals surface area contributed by atoms with Crippen molar-refractivity contribution in [1.29, 1.82) is 0 Å². The van der Waals surface area contributed by atoms with Gasteiger partial charge in [0.1, 0.15) is 5.69 Å². The van der Waals surface area contributed by atoms with Crippen LogP contribution in [0.25, 0.3) is 6.08 Å². The Morgan fingerprint density at radius 2 is 1.87 bits per heavy atom. The minimum absolute atomic E-state index is 0.139. The van der Waals surface area contributed by atoms with Crippen molar-refractivity contribution in [1.82, 2.24) is 10.2 Å². The summed E-state index contributed by atoms with van der Waals surface area (Å²) in [4.78, 5) is 12.8. The molecule has 30 heavy (non-hydrogen) atoms. The predicted octanol–water partition coefficient (Wildman–Crippen LogP) is 4.68. The third-order valence-corrected chi connectivity index (χ3v) is 6.76. The van der Waals surface area contributed by atoms with Gasteiger partial charge in [-0.25, -0.2) is 0 Å². The number of carbonyl (C=O) groups excluding carboxylic acids is 1. The summed E-state index contributed by atoms with van der Waals surface area (Å²) in [6.45, 7) is 0.254. The molecule has 2 heterocycles. The number of rotatable bonds is 4. The SMILES string of the molecule is O=C(c1n[nH]c2c1C=CC(c1ccccc1)(c1ccc3c(c1)OCO3)C2)C1CCC1. The molecule has 0 amide bonds. The maximum absolute atomic E-state index is 12.8. The van der Waals surface area contributed by atoms with Crippen LogP contribution >= 0.6 is 0 Å². The van der Waals surface area contributed by atoms with Crippen molar-refractivity contribution < 1.29 is 14.3 Å². The van der Waals surface area contributed by atoms with Crippen LogP contribution < -0.4 is 9.47 Å². The Bertz CT molecular complexity index is 1160. The summed E-state index contributed by atoms with van der Waals surface area (Å²) in [7, 11) is 0. The van der Waals surface area contributed by atoms with Crippen molar-refractivity contribution >= 4 is 11.9 Å². The van der Waals surface area contributed by atoms with Crippen LogP contribution in [0.1, 0.15) is 52.1 Å². The Morgan fingerprint density at radius 1 is 1.03 bits per heavy atom. The highest BCUT2D eigenvalue weighted by Crippen LogP contribution is 2.45. The van der Waals surface area contributed by atoms with Crippen molar-refractivity contribution in [3.05, 3.63) is 82.7 Å². The molecule has 150 valence electrons. The summed E-state index contributed by atoms with van der Waals surface area (Å²) in [6, 6.07) is 16.6. The van der Waals surface area contributed by atoms with Crippen LogP contribution in [-0.2, 0) is 11.8 Å². The van der Waals surface area contributed by atoms with Crippen LogP contribution in [0, 0.1) is 5.92 Å². The lowest BCUT2D eigenvalue weighted by atomic mass is 9.68. The highest BCUT2D eigenvalue weighted by atomic mass is 16.7. The molecule has 3 aliphatic rings. The lowest BCUT2D eigenvalue weighted by molar-refractivity contribution is 0.0849. The minimum Gasteiger partial charge on any atom is -0.454 e. The molecule has 5 nitrogen and oxygen atoms in total. The van der Waals surface area contributed by atoms with Gasteiger partial charge in [0.15, 0.2) is 17.3 Å². The third-order valence-electron chi connectivity index (χ3n) is 6.76. The summed E-state index contributed by atoms with van der Waals surface area (Å²) < 4.78 is 11.2. The van der Waals surface area contributed by atoms with E-state index >= 15 is 0 Å². The Morgan fingerprint density at radius 3 is 2.67 bits per heavy atom. The Kier molecular flexibility index (Phi) is 3.85. The van der Waals surface area contributed by atoms with E-state index in [1.807, 2.05) is 12.1 Å². The van der Waals surface area contributed by atoms with Crippen LogP contribution in [0.4, 0.5) is 0 Å². The number of aromatic nitrogens is 2. The largest absolute Gasteiger partial charge is 0.454 e. The second-order valence-electron chi connectivity index (χ2n) is 8.37. The number of nitrogens with zero attached hydrogens (tertiary/aromatic N) is 1. The smallest absolute Gasteiger partial charge is 0.231 e. The molecule has 0 radical (unpaired) electrons. The second-order valence-corrected chi connectivity index (χ2v) is 8.37. The molecule has 3 aromatic rings. The van der Waals surface area contributed by atoms with E-state index in [9.17, 15) is 4.79 Å². The van der Waals surface area contributed by atoms with Gasteiger partial charge in [-0.1, -0.05) is 55.0 Å². The lowest BCUT2D eigenvalue weighted by Crippen LogP contribution is -2.31. The van der Waals surface area contributed by atoms with Gasteiger partial charge in [-0.3, -0.25) is 9.89 Å². The number of H-pyrrole nitrogens is 1. The Labute approximate surface area is 174 Å². The molecule has 5 heteroatoms. The van der Waals surface area contributed by atoms with Crippen molar-refractivity contribution in [3.63, 3.8) is 0 Å². The number of carbonyl (C=O) groups is 1. The maximum Gasteiger partial charge on any atom is 0.231 e. The third kappa shape index (κ3) is 2.54. The zero-order valence-electron chi connectivity index (χ0n) is 16.6. The number of aromatic amines is 1. The van der Waals surface area contributed by atoms with E-state index in [1.165, 1.54) is 5.56 Å². The fourth-order valence-corrected chi connectivity index (χ4v) is 4.79. The quantitative estimate of drug-likeness (QED) is 0.649. The van der Waals surface area contributed by atoms with Crippen molar-refractivity contribution in [3.8, 4) is 11.5 Å². The lowest BCUT2D eigenvalue weighted by Gasteiger charge is -2.34. The van der Waals surface area contributed by atoms with Crippen LogP contribution in [0.3, 0.4) is 0 Å². The first kappa shape index (κ1) is 17.5. The van der Waals surface area contributed by atoms with Gasteiger partial charge in [0, 0.05) is 29.0 Å². The van der Waals surface area contributed by atoms with Gasteiger partial charge in [-0.15, -0.1) is 0 Å². The van der Waals surface area contributed by atoms with Gasteiger partial charge in [0.05, 0.1) is 0 Å². The van der Waals surface area contributed by atoms with Crippen LogP contribution in [0.5, 0.6) is 11.5 Å². The summed E-state index contributed by atoms with van der Waals surface area (Å²) in [6.07, 6.45) is 8.10. The van der Waals surface area contributed by atoms with E-state index in [1.54, 1.807) is 0 Å². The number of benzene rings is 2. The number of nitrogens with one attached hydrogen (secondary N) is 1. The van der Waals surface area contributed by atoms with Gasteiger partial charge >= 0.3 is 0 Å². The molecule has 1 fully saturated rings. The summed E-state index contributed by atoms with van der Waals surface area (Å²) in [5.74, 6) is 1.86. The van der Waals surface area contributed by atoms with Gasteiger partial charge in [0.25, 0.3) is 0 Å². The molecule has 0 saturated heterocycles. The molecular weight excluding hydrogens is 376 g/mol. The number of Topliss-reactive ketones (excluding diaryl/α,β-unsaturated/α-hetero) is 1. The van der Waals surface area contributed by atoms with Crippen LogP contribution in [-0.4, -0.2) is 22.8 Å². The Hall–Kier alpha value is -3.34. The van der Waals surface area contributed by atoms with Crippen LogP contribution in [0.2, 0.25) is 0 Å². The van der Waals surface area contributed by atoms with Gasteiger partial charge in [-0.05, 0) is 36.1 Å². The first-order valence-corrected chi connectivity index (χ1v) is 10.5. The predicted molar refractivity (Wildman–Crippen MR) is 113 cm³/mol. The molecular formula is C25H22N2O3. The van der Waals surface area contributed by atoms with E-state index in [2.05, 4.69) is 58.7 Å². The number of hydrogen-bond acceptors (Lipinski definition) is 4. The maximum atomic E-state index is 12.8. The zero-order chi connectivity index (χ0) is 20.1. The number of ketones is 1. The molecule has 1 saturated carbocycles. The molecule has 1 atom stereocenters. The van der Waals surface area contributed by atoms with Crippen molar-refractivity contribution in [2.45, 2.75) is 31.1 Å². The molecule has 0 spiro atoms. The fraction of sp³-hybridized carbons (Fsp3) is 0.280. The standard InChI is InChI=1S/C25H22N2O3/c28-24(16-5-4-6-16)23-19-11-12-25(14-20(19)26-27-23,17-7-2-1-3-8-17)18-9-10-21-22(13-18)30-15-29-21/h1-3,7-13,16H,4-6,14-15H2,(H,26,27). The fourth-order valence-electron chi connectivity index (χ4n) is 4.79. The van der Waals surface area contributed by atoms with E-state index in [0.29, 0.717) is 12.1 Å². The average molecular weight is 398 g/mol. The topological polar surface area (TPSA) is 64.2 Å². The first-order valence-electron chi connectivity index (χ1n) is 10.5. The van der Waals surface area contributed by atoms with Crippen LogP contribution in [0.15, 0.2) is 54.6 Å². The highest BCUT2D eigenvalue weighted by molar-refractivity contribution is 6.00. The van der Waals surface area contributed by atoms with Crippen molar-refractivity contribution in [2.24, 2.45) is 5.92 Å². The monoisotopic (exact) mass is 398 g/mol.